The van der Waals surface area contributed by atoms with Gasteiger partial charge in [-0.25, -0.2) is 0 Å². The highest BCUT2D eigenvalue weighted by molar-refractivity contribution is 7.98. The van der Waals surface area contributed by atoms with Crippen molar-refractivity contribution in [2.24, 2.45) is 5.73 Å². The molecule has 1 saturated heterocycles. The molecular formula is C10H20N2O2S. The number of carbonyl (C=O) groups excluding carboxylic acids is 1. The molecule has 0 saturated carbocycles. The van der Waals surface area contributed by atoms with Crippen molar-refractivity contribution in [1.29, 1.82) is 0 Å². The highest BCUT2D eigenvalue weighted by atomic mass is 32.2. The Morgan fingerprint density at radius 3 is 3.07 bits per heavy atom. The van der Waals surface area contributed by atoms with Gasteiger partial charge in [0.05, 0.1) is 12.1 Å². The lowest BCUT2D eigenvalue weighted by Gasteiger charge is -2.31. The minimum Gasteiger partial charge on any atom is -0.391 e. The van der Waals surface area contributed by atoms with Gasteiger partial charge in [0, 0.05) is 13.1 Å². The van der Waals surface area contributed by atoms with Crippen LogP contribution < -0.4 is 5.73 Å². The summed E-state index contributed by atoms with van der Waals surface area (Å²) in [7, 11) is 0. The topological polar surface area (TPSA) is 66.6 Å². The Labute approximate surface area is 95.2 Å². The molecule has 4 nitrogen and oxygen atoms in total. The minimum atomic E-state index is -0.400. The number of thioether (sulfide) groups is 1. The number of aliphatic hydroxyl groups is 1. The summed E-state index contributed by atoms with van der Waals surface area (Å²) in [6.45, 7) is 1.19. The molecular weight excluding hydrogens is 212 g/mol. The second-order valence-corrected chi connectivity index (χ2v) is 4.95. The van der Waals surface area contributed by atoms with Gasteiger partial charge in [-0.1, -0.05) is 0 Å². The summed E-state index contributed by atoms with van der Waals surface area (Å²) in [6, 6.07) is -0.400. The van der Waals surface area contributed by atoms with Crippen molar-refractivity contribution in [3.05, 3.63) is 0 Å². The van der Waals surface area contributed by atoms with E-state index >= 15 is 0 Å². The normalized spacial score (nSPS) is 23.9. The van der Waals surface area contributed by atoms with Crippen molar-refractivity contribution in [3.8, 4) is 0 Å². The number of amides is 1. The number of likely N-dealkylation sites (tertiary alicyclic amines) is 1. The monoisotopic (exact) mass is 232 g/mol. The smallest absolute Gasteiger partial charge is 0.239 e. The summed E-state index contributed by atoms with van der Waals surface area (Å²) >= 11 is 1.69. The number of hydrogen-bond donors (Lipinski definition) is 2. The predicted octanol–water partition coefficient (Wildman–Crippen LogP) is 0.0501. The maximum absolute atomic E-state index is 11.8. The number of carbonyl (C=O) groups is 1. The SMILES string of the molecule is CSCC[C@@H](N)C(=O)N1CCC[C@H](O)C1. The molecule has 3 N–H and O–H groups in total. The third kappa shape index (κ3) is 4.01. The first-order valence-electron chi connectivity index (χ1n) is 5.36. The lowest BCUT2D eigenvalue weighted by atomic mass is 10.1. The molecule has 1 heterocycles. The highest BCUT2D eigenvalue weighted by Gasteiger charge is 2.25. The van der Waals surface area contributed by atoms with Crippen LogP contribution in [0.3, 0.4) is 0 Å². The number of rotatable bonds is 4. The van der Waals surface area contributed by atoms with Gasteiger partial charge in [-0.2, -0.15) is 11.8 Å². The Kier molecular flexibility index (Phi) is 5.42. The van der Waals surface area contributed by atoms with Gasteiger partial charge >= 0.3 is 0 Å². The molecule has 0 aromatic heterocycles. The molecule has 0 unspecified atom stereocenters. The van der Waals surface area contributed by atoms with Gasteiger partial charge in [-0.05, 0) is 31.3 Å². The van der Waals surface area contributed by atoms with E-state index in [2.05, 4.69) is 0 Å². The van der Waals surface area contributed by atoms with E-state index in [-0.39, 0.29) is 12.0 Å². The van der Waals surface area contributed by atoms with Crippen LogP contribution in [-0.2, 0) is 4.79 Å². The summed E-state index contributed by atoms with van der Waals surface area (Å²) in [5.41, 5.74) is 5.79. The van der Waals surface area contributed by atoms with Crippen LogP contribution in [0.5, 0.6) is 0 Å². The van der Waals surface area contributed by atoms with E-state index in [0.29, 0.717) is 13.0 Å². The Morgan fingerprint density at radius 2 is 2.47 bits per heavy atom. The molecule has 88 valence electrons. The number of piperidine rings is 1. The van der Waals surface area contributed by atoms with Crippen LogP contribution in [0.25, 0.3) is 0 Å². The zero-order valence-corrected chi connectivity index (χ0v) is 10.0. The Bertz CT molecular complexity index is 214. The number of nitrogens with zero attached hydrogens (tertiary/aromatic N) is 1. The summed E-state index contributed by atoms with van der Waals surface area (Å²) in [4.78, 5) is 13.5. The van der Waals surface area contributed by atoms with E-state index in [9.17, 15) is 9.90 Å². The van der Waals surface area contributed by atoms with E-state index in [4.69, 9.17) is 5.73 Å². The van der Waals surface area contributed by atoms with Gasteiger partial charge in [-0.3, -0.25) is 4.79 Å². The average molecular weight is 232 g/mol. The second kappa shape index (κ2) is 6.35. The lowest BCUT2D eigenvalue weighted by molar-refractivity contribution is -0.135. The summed E-state index contributed by atoms with van der Waals surface area (Å²) in [5, 5.41) is 9.45. The quantitative estimate of drug-likeness (QED) is 0.719. The maximum Gasteiger partial charge on any atom is 0.239 e. The van der Waals surface area contributed by atoms with E-state index in [1.165, 1.54) is 0 Å². The van der Waals surface area contributed by atoms with Crippen molar-refractivity contribution in [2.45, 2.75) is 31.4 Å². The van der Waals surface area contributed by atoms with E-state index in [1.54, 1.807) is 16.7 Å². The van der Waals surface area contributed by atoms with Crippen LogP contribution in [0.15, 0.2) is 0 Å². The number of hydrogen-bond acceptors (Lipinski definition) is 4. The predicted molar refractivity (Wildman–Crippen MR) is 62.8 cm³/mol. The summed E-state index contributed by atoms with van der Waals surface area (Å²) in [5.74, 6) is 0.895. The molecule has 1 fully saturated rings. The van der Waals surface area contributed by atoms with Crippen molar-refractivity contribution >= 4 is 17.7 Å². The average Bonchev–Trinajstić information content (AvgIpc) is 2.24. The van der Waals surface area contributed by atoms with Crippen LogP contribution in [-0.4, -0.2) is 53.2 Å². The van der Waals surface area contributed by atoms with Crippen LogP contribution in [0.1, 0.15) is 19.3 Å². The third-order valence-electron chi connectivity index (χ3n) is 2.66. The standard InChI is InChI=1S/C10H20N2O2S/c1-15-6-4-9(11)10(14)12-5-2-3-8(13)7-12/h8-9,13H,2-7,11H2,1H3/t8-,9+/m0/s1. The summed E-state index contributed by atoms with van der Waals surface area (Å²) in [6.07, 6.45) is 4.02. The largest absolute Gasteiger partial charge is 0.391 e. The highest BCUT2D eigenvalue weighted by Crippen LogP contribution is 2.11. The molecule has 0 bridgehead atoms. The lowest BCUT2D eigenvalue weighted by Crippen LogP contribution is -2.49. The molecule has 0 spiro atoms. The number of nitrogens with two attached hydrogens (primary N) is 1. The van der Waals surface area contributed by atoms with Gasteiger partial charge < -0.3 is 15.7 Å². The molecule has 0 aromatic carbocycles. The molecule has 1 rings (SSSR count). The first kappa shape index (κ1) is 12.8. The Hall–Kier alpha value is -0.260. The number of β-amino-alcohol motifs (C(OH)–C–C–N with tert-alkyl or cyclic N) is 1. The Balaban J connectivity index is 2.37. The zero-order valence-electron chi connectivity index (χ0n) is 9.19. The molecule has 1 amide bonds. The van der Waals surface area contributed by atoms with E-state index in [1.807, 2.05) is 6.26 Å². The van der Waals surface area contributed by atoms with Crippen molar-refractivity contribution in [1.82, 2.24) is 4.90 Å². The van der Waals surface area contributed by atoms with Crippen molar-refractivity contribution in [3.63, 3.8) is 0 Å². The zero-order chi connectivity index (χ0) is 11.3. The molecule has 0 aromatic rings. The number of aliphatic hydroxyl groups excluding tert-OH is 1. The van der Waals surface area contributed by atoms with Crippen LogP contribution in [0, 0.1) is 0 Å². The first-order valence-corrected chi connectivity index (χ1v) is 6.76. The fourth-order valence-electron chi connectivity index (χ4n) is 1.76. The minimum absolute atomic E-state index is 0.0113. The summed E-state index contributed by atoms with van der Waals surface area (Å²) < 4.78 is 0. The van der Waals surface area contributed by atoms with Crippen LogP contribution in [0.4, 0.5) is 0 Å². The van der Waals surface area contributed by atoms with Gasteiger partial charge in [0.15, 0.2) is 0 Å². The molecule has 5 heteroatoms. The van der Waals surface area contributed by atoms with Gasteiger partial charge in [0.1, 0.15) is 0 Å². The fraction of sp³-hybridized carbons (Fsp3) is 0.900. The maximum atomic E-state index is 11.8. The van der Waals surface area contributed by atoms with Gasteiger partial charge in [0.25, 0.3) is 0 Å². The molecule has 1 aliphatic heterocycles. The van der Waals surface area contributed by atoms with Gasteiger partial charge in [0.2, 0.25) is 5.91 Å². The van der Waals surface area contributed by atoms with E-state index in [0.717, 1.165) is 25.1 Å². The Morgan fingerprint density at radius 1 is 1.73 bits per heavy atom. The third-order valence-corrected chi connectivity index (χ3v) is 3.30. The molecule has 0 aliphatic carbocycles. The molecule has 2 atom stereocenters. The second-order valence-electron chi connectivity index (χ2n) is 3.97. The fourth-order valence-corrected chi connectivity index (χ4v) is 2.25. The molecule has 0 radical (unpaired) electrons. The molecule has 15 heavy (non-hydrogen) atoms. The van der Waals surface area contributed by atoms with Gasteiger partial charge in [-0.15, -0.1) is 0 Å². The van der Waals surface area contributed by atoms with E-state index < -0.39 is 6.04 Å². The van der Waals surface area contributed by atoms with Crippen LogP contribution in [0.2, 0.25) is 0 Å². The first-order chi connectivity index (χ1) is 7.15. The van der Waals surface area contributed by atoms with Crippen molar-refractivity contribution < 1.29 is 9.90 Å². The van der Waals surface area contributed by atoms with Crippen LogP contribution >= 0.6 is 11.8 Å². The molecule has 1 aliphatic rings. The van der Waals surface area contributed by atoms with Crippen molar-refractivity contribution in [2.75, 3.05) is 25.1 Å².